The van der Waals surface area contributed by atoms with E-state index in [1.165, 1.54) is 0 Å². The predicted octanol–water partition coefficient (Wildman–Crippen LogP) is 1.51. The number of esters is 3. The van der Waals surface area contributed by atoms with Gasteiger partial charge in [-0.15, -0.1) is 0 Å². The highest BCUT2D eigenvalue weighted by atomic mass is 16.6. The minimum absolute atomic E-state index is 0.129. The standard InChI is InChI=1S/C13H18O6/c1-9(2)12(15)17-7-5-6-8-18-13(16)10(3)19-11(4)14/h1,3,5-8H2,2,4H3. The van der Waals surface area contributed by atoms with E-state index in [1.54, 1.807) is 6.92 Å². The van der Waals surface area contributed by atoms with Gasteiger partial charge in [0.25, 0.3) is 0 Å². The van der Waals surface area contributed by atoms with Gasteiger partial charge in [-0.3, -0.25) is 4.79 Å². The SMILES string of the molecule is C=C(C)C(=O)OCCCCOC(=O)C(=C)OC(C)=O. The van der Waals surface area contributed by atoms with Crippen molar-refractivity contribution in [3.8, 4) is 0 Å². The fourth-order valence-corrected chi connectivity index (χ4v) is 0.953. The lowest BCUT2D eigenvalue weighted by atomic mass is 10.3. The first-order chi connectivity index (χ1) is 8.84. The van der Waals surface area contributed by atoms with Crippen LogP contribution in [0.2, 0.25) is 0 Å². The first-order valence-corrected chi connectivity index (χ1v) is 5.71. The number of carbonyl (C=O) groups is 3. The van der Waals surface area contributed by atoms with Crippen LogP contribution in [0.4, 0.5) is 0 Å². The molecule has 0 fully saturated rings. The Hall–Kier alpha value is -2.11. The minimum Gasteiger partial charge on any atom is -0.462 e. The second kappa shape index (κ2) is 8.91. The Bertz CT molecular complexity index is 383. The maximum Gasteiger partial charge on any atom is 0.373 e. The van der Waals surface area contributed by atoms with Gasteiger partial charge in [0.05, 0.1) is 13.2 Å². The molecule has 0 atom stereocenters. The zero-order valence-corrected chi connectivity index (χ0v) is 11.2. The highest BCUT2D eigenvalue weighted by molar-refractivity contribution is 5.88. The average molecular weight is 270 g/mol. The predicted molar refractivity (Wildman–Crippen MR) is 66.9 cm³/mol. The van der Waals surface area contributed by atoms with Crippen molar-refractivity contribution in [1.82, 2.24) is 0 Å². The van der Waals surface area contributed by atoms with Crippen molar-refractivity contribution >= 4 is 17.9 Å². The van der Waals surface area contributed by atoms with Crippen molar-refractivity contribution in [2.45, 2.75) is 26.7 Å². The van der Waals surface area contributed by atoms with E-state index < -0.39 is 17.9 Å². The Morgan fingerprint density at radius 2 is 1.37 bits per heavy atom. The third-order valence-electron chi connectivity index (χ3n) is 1.85. The lowest BCUT2D eigenvalue weighted by molar-refractivity contribution is -0.150. The van der Waals surface area contributed by atoms with Crippen LogP contribution >= 0.6 is 0 Å². The molecule has 106 valence electrons. The molecule has 19 heavy (non-hydrogen) atoms. The zero-order valence-electron chi connectivity index (χ0n) is 11.2. The molecule has 0 bridgehead atoms. The molecule has 0 unspecified atom stereocenters. The van der Waals surface area contributed by atoms with Crippen molar-refractivity contribution in [3.63, 3.8) is 0 Å². The van der Waals surface area contributed by atoms with Crippen molar-refractivity contribution < 1.29 is 28.6 Å². The van der Waals surface area contributed by atoms with Crippen LogP contribution in [0, 0.1) is 0 Å². The molecule has 0 aromatic heterocycles. The van der Waals surface area contributed by atoms with E-state index in [9.17, 15) is 14.4 Å². The average Bonchev–Trinajstić information content (AvgIpc) is 2.31. The molecule has 0 spiro atoms. The summed E-state index contributed by atoms with van der Waals surface area (Å²) in [5.41, 5.74) is 0.337. The molecule has 0 aromatic rings. The summed E-state index contributed by atoms with van der Waals surface area (Å²) >= 11 is 0. The van der Waals surface area contributed by atoms with Gasteiger partial charge in [-0.1, -0.05) is 6.58 Å². The fraction of sp³-hybridized carbons (Fsp3) is 0.462. The van der Waals surface area contributed by atoms with E-state index in [0.29, 0.717) is 18.4 Å². The molecule has 0 heterocycles. The van der Waals surface area contributed by atoms with Crippen LogP contribution in [0.5, 0.6) is 0 Å². The first kappa shape index (κ1) is 16.9. The Labute approximate surface area is 112 Å². The fourth-order valence-electron chi connectivity index (χ4n) is 0.953. The number of rotatable bonds is 8. The van der Waals surface area contributed by atoms with E-state index >= 15 is 0 Å². The van der Waals surface area contributed by atoms with Crippen LogP contribution in [-0.4, -0.2) is 31.1 Å². The second-order valence-electron chi connectivity index (χ2n) is 3.78. The van der Waals surface area contributed by atoms with Crippen LogP contribution < -0.4 is 0 Å². The van der Waals surface area contributed by atoms with Crippen molar-refractivity contribution in [1.29, 1.82) is 0 Å². The number of hydrogen-bond acceptors (Lipinski definition) is 6. The Kier molecular flexibility index (Phi) is 7.92. The Morgan fingerprint density at radius 3 is 1.79 bits per heavy atom. The van der Waals surface area contributed by atoms with E-state index in [-0.39, 0.29) is 19.0 Å². The summed E-state index contributed by atoms with van der Waals surface area (Å²) in [5, 5.41) is 0. The minimum atomic E-state index is -0.783. The molecular formula is C13H18O6. The molecule has 0 saturated carbocycles. The van der Waals surface area contributed by atoms with Gasteiger partial charge >= 0.3 is 17.9 Å². The molecule has 0 N–H and O–H groups in total. The normalized spacial score (nSPS) is 9.37. The molecule has 0 saturated heterocycles. The topological polar surface area (TPSA) is 78.9 Å². The third kappa shape index (κ3) is 8.59. The quantitative estimate of drug-likeness (QED) is 0.219. The first-order valence-electron chi connectivity index (χ1n) is 5.71. The van der Waals surface area contributed by atoms with Crippen LogP contribution in [0.1, 0.15) is 26.7 Å². The van der Waals surface area contributed by atoms with Crippen molar-refractivity contribution in [2.75, 3.05) is 13.2 Å². The van der Waals surface area contributed by atoms with E-state index in [4.69, 9.17) is 9.47 Å². The van der Waals surface area contributed by atoms with Crippen molar-refractivity contribution in [3.05, 3.63) is 24.5 Å². The van der Waals surface area contributed by atoms with Gasteiger partial charge in [-0.25, -0.2) is 9.59 Å². The highest BCUT2D eigenvalue weighted by Crippen LogP contribution is 2.01. The number of hydrogen-bond donors (Lipinski definition) is 0. The lowest BCUT2D eigenvalue weighted by Crippen LogP contribution is -2.13. The summed E-state index contributed by atoms with van der Waals surface area (Å²) in [6, 6.07) is 0. The van der Waals surface area contributed by atoms with Gasteiger partial charge in [-0.2, -0.15) is 0 Å². The summed E-state index contributed by atoms with van der Waals surface area (Å²) in [5.74, 6) is -2.20. The molecule has 0 amide bonds. The molecular weight excluding hydrogens is 252 g/mol. The molecule has 6 nitrogen and oxygen atoms in total. The number of unbranched alkanes of at least 4 members (excludes halogenated alkanes) is 1. The maximum atomic E-state index is 11.2. The smallest absolute Gasteiger partial charge is 0.373 e. The number of ether oxygens (including phenoxy) is 3. The van der Waals surface area contributed by atoms with Crippen LogP contribution in [0.3, 0.4) is 0 Å². The zero-order chi connectivity index (χ0) is 14.8. The monoisotopic (exact) mass is 270 g/mol. The van der Waals surface area contributed by atoms with E-state index in [2.05, 4.69) is 17.9 Å². The summed E-state index contributed by atoms with van der Waals surface area (Å²) in [4.78, 5) is 32.8. The number of carbonyl (C=O) groups excluding carboxylic acids is 3. The molecule has 0 radical (unpaired) electrons. The van der Waals surface area contributed by atoms with Crippen molar-refractivity contribution in [2.24, 2.45) is 0 Å². The summed E-state index contributed by atoms with van der Waals surface area (Å²) in [6.45, 7) is 9.78. The van der Waals surface area contributed by atoms with E-state index in [0.717, 1.165) is 6.92 Å². The van der Waals surface area contributed by atoms with Gasteiger partial charge in [0.2, 0.25) is 5.76 Å². The van der Waals surface area contributed by atoms with Gasteiger partial charge in [0.1, 0.15) is 0 Å². The molecule has 0 aliphatic carbocycles. The van der Waals surface area contributed by atoms with Gasteiger partial charge in [0, 0.05) is 12.5 Å². The Morgan fingerprint density at radius 1 is 0.895 bits per heavy atom. The molecule has 0 aromatic carbocycles. The van der Waals surface area contributed by atoms with Gasteiger partial charge < -0.3 is 14.2 Å². The second-order valence-corrected chi connectivity index (χ2v) is 3.78. The molecule has 0 aliphatic heterocycles. The Balaban J connectivity index is 3.62. The summed E-state index contributed by atoms with van der Waals surface area (Å²) in [6.07, 6.45) is 1.06. The van der Waals surface area contributed by atoms with Crippen LogP contribution in [-0.2, 0) is 28.6 Å². The molecule has 0 rings (SSSR count). The lowest BCUT2D eigenvalue weighted by Gasteiger charge is -2.07. The molecule has 0 aliphatic rings. The maximum absolute atomic E-state index is 11.2. The van der Waals surface area contributed by atoms with E-state index in [1.807, 2.05) is 0 Å². The van der Waals surface area contributed by atoms with Crippen LogP contribution in [0.25, 0.3) is 0 Å². The van der Waals surface area contributed by atoms with Gasteiger partial charge in [0.15, 0.2) is 0 Å². The summed E-state index contributed by atoms with van der Waals surface area (Å²) < 4.78 is 14.1. The largest absolute Gasteiger partial charge is 0.462 e. The molecule has 6 heteroatoms. The van der Waals surface area contributed by atoms with Crippen LogP contribution in [0.15, 0.2) is 24.5 Å². The third-order valence-corrected chi connectivity index (χ3v) is 1.85. The summed E-state index contributed by atoms with van der Waals surface area (Å²) in [7, 11) is 0. The van der Waals surface area contributed by atoms with Gasteiger partial charge in [-0.05, 0) is 26.3 Å². The highest BCUT2D eigenvalue weighted by Gasteiger charge is 2.11.